The largest absolute Gasteiger partial charge is 0.396 e. The highest BCUT2D eigenvalue weighted by atomic mass is 16.3. The Hall–Kier alpha value is -0.340. The Morgan fingerprint density at radius 1 is 1.55 bits per heavy atom. The van der Waals surface area contributed by atoms with E-state index in [-0.39, 0.29) is 18.6 Å². The van der Waals surface area contributed by atoms with E-state index in [1.807, 2.05) is 6.08 Å². The summed E-state index contributed by atoms with van der Waals surface area (Å²) in [7, 11) is 0. The third-order valence-corrected chi connectivity index (χ3v) is 1.88. The highest BCUT2D eigenvalue weighted by Crippen LogP contribution is 2.15. The number of aliphatic hydroxyl groups excluding tert-OH is 2. The second-order valence-corrected chi connectivity index (χ2v) is 2.89. The first-order valence-corrected chi connectivity index (χ1v) is 4.12. The zero-order valence-electron chi connectivity index (χ0n) is 7.16. The maximum atomic E-state index is 9.24. The van der Waals surface area contributed by atoms with E-state index in [9.17, 15) is 5.11 Å². The predicted molar refractivity (Wildman–Crippen MR) is 46.3 cm³/mol. The molecule has 0 aromatic carbocycles. The molecule has 0 aliphatic carbocycles. The van der Waals surface area contributed by atoms with Crippen molar-refractivity contribution in [2.45, 2.75) is 32.3 Å². The maximum absolute atomic E-state index is 9.24. The van der Waals surface area contributed by atoms with Crippen molar-refractivity contribution in [1.82, 2.24) is 0 Å². The van der Waals surface area contributed by atoms with Gasteiger partial charge in [0.05, 0.1) is 6.10 Å². The first-order valence-electron chi connectivity index (χ1n) is 4.12. The van der Waals surface area contributed by atoms with Crippen LogP contribution in [-0.4, -0.2) is 22.9 Å². The molecule has 0 aromatic rings. The monoisotopic (exact) mass is 158 g/mol. The molecule has 0 amide bonds. The number of rotatable bonds is 6. The fraction of sp³-hybridized carbons (Fsp3) is 0.778. The van der Waals surface area contributed by atoms with Crippen molar-refractivity contribution in [1.29, 1.82) is 0 Å². The molecule has 2 atom stereocenters. The van der Waals surface area contributed by atoms with Gasteiger partial charge in [-0.3, -0.25) is 0 Å². The smallest absolute Gasteiger partial charge is 0.0543 e. The predicted octanol–water partition coefficient (Wildman–Crippen LogP) is 1.33. The van der Waals surface area contributed by atoms with Crippen molar-refractivity contribution >= 4 is 0 Å². The van der Waals surface area contributed by atoms with Gasteiger partial charge in [-0.05, 0) is 32.1 Å². The molecule has 0 radical (unpaired) electrons. The van der Waals surface area contributed by atoms with Crippen LogP contribution in [0.1, 0.15) is 26.2 Å². The molecule has 66 valence electrons. The van der Waals surface area contributed by atoms with E-state index in [2.05, 4.69) is 6.58 Å². The van der Waals surface area contributed by atoms with Crippen molar-refractivity contribution in [2.24, 2.45) is 5.92 Å². The van der Waals surface area contributed by atoms with Crippen LogP contribution in [0.2, 0.25) is 0 Å². The molecule has 0 rings (SSSR count). The van der Waals surface area contributed by atoms with Gasteiger partial charge in [0.2, 0.25) is 0 Å². The Morgan fingerprint density at radius 3 is 2.55 bits per heavy atom. The summed E-state index contributed by atoms with van der Waals surface area (Å²) in [6.45, 7) is 5.61. The third kappa shape index (κ3) is 4.99. The molecule has 0 fully saturated rings. The minimum Gasteiger partial charge on any atom is -0.396 e. The lowest BCUT2D eigenvalue weighted by molar-refractivity contribution is 0.115. The van der Waals surface area contributed by atoms with Gasteiger partial charge in [-0.25, -0.2) is 0 Å². The Bertz CT molecular complexity index is 99.7. The van der Waals surface area contributed by atoms with Gasteiger partial charge in [-0.2, -0.15) is 0 Å². The highest BCUT2D eigenvalue weighted by molar-refractivity contribution is 4.76. The summed E-state index contributed by atoms with van der Waals surface area (Å²) in [4.78, 5) is 0. The molecule has 0 spiro atoms. The quantitative estimate of drug-likeness (QED) is 0.572. The van der Waals surface area contributed by atoms with Gasteiger partial charge >= 0.3 is 0 Å². The van der Waals surface area contributed by atoms with E-state index >= 15 is 0 Å². The first-order chi connectivity index (χ1) is 5.22. The molecule has 2 N–H and O–H groups in total. The van der Waals surface area contributed by atoms with Crippen LogP contribution in [0, 0.1) is 5.92 Å². The number of hydrogen-bond acceptors (Lipinski definition) is 2. The van der Waals surface area contributed by atoms with Crippen molar-refractivity contribution < 1.29 is 10.2 Å². The van der Waals surface area contributed by atoms with Crippen LogP contribution in [0.3, 0.4) is 0 Å². The molecule has 0 saturated heterocycles. The van der Waals surface area contributed by atoms with Crippen LogP contribution in [0.25, 0.3) is 0 Å². The van der Waals surface area contributed by atoms with Gasteiger partial charge in [0.15, 0.2) is 0 Å². The average molecular weight is 158 g/mol. The maximum Gasteiger partial charge on any atom is 0.0543 e. The third-order valence-electron chi connectivity index (χ3n) is 1.88. The highest BCUT2D eigenvalue weighted by Gasteiger charge is 2.11. The Labute approximate surface area is 68.6 Å². The van der Waals surface area contributed by atoms with Crippen molar-refractivity contribution in [2.75, 3.05) is 6.61 Å². The summed E-state index contributed by atoms with van der Waals surface area (Å²) in [5.41, 5.74) is 0. The standard InChI is InChI=1S/C9H18O2/c1-3-5-9(8(2)11)6-4-7-10/h3,8-11H,1,4-7H2,2H3. The fourth-order valence-electron chi connectivity index (χ4n) is 1.12. The summed E-state index contributed by atoms with van der Waals surface area (Å²) in [5.74, 6) is 0.264. The molecular formula is C9H18O2. The molecule has 11 heavy (non-hydrogen) atoms. The van der Waals surface area contributed by atoms with Gasteiger partial charge in [0.25, 0.3) is 0 Å². The van der Waals surface area contributed by atoms with E-state index in [0.717, 1.165) is 19.3 Å². The molecular weight excluding hydrogens is 140 g/mol. The summed E-state index contributed by atoms with van der Waals surface area (Å²) in [5, 5.41) is 17.8. The average Bonchev–Trinajstić information content (AvgIpc) is 1.97. The fourth-order valence-corrected chi connectivity index (χ4v) is 1.12. The van der Waals surface area contributed by atoms with E-state index < -0.39 is 0 Å². The number of allylic oxidation sites excluding steroid dienone is 1. The summed E-state index contributed by atoms with van der Waals surface area (Å²) in [6.07, 6.45) is 4.00. The van der Waals surface area contributed by atoms with Crippen LogP contribution in [-0.2, 0) is 0 Å². The van der Waals surface area contributed by atoms with Crippen LogP contribution in [0.5, 0.6) is 0 Å². The number of aliphatic hydroxyl groups is 2. The molecule has 0 aliphatic heterocycles. The topological polar surface area (TPSA) is 40.5 Å². The minimum atomic E-state index is -0.292. The normalized spacial score (nSPS) is 15.9. The van der Waals surface area contributed by atoms with E-state index in [4.69, 9.17) is 5.11 Å². The Balaban J connectivity index is 3.59. The zero-order chi connectivity index (χ0) is 8.69. The van der Waals surface area contributed by atoms with Crippen LogP contribution in [0.4, 0.5) is 0 Å². The molecule has 0 heterocycles. The Morgan fingerprint density at radius 2 is 2.18 bits per heavy atom. The second kappa shape index (κ2) is 6.38. The van der Waals surface area contributed by atoms with E-state index in [0.29, 0.717) is 0 Å². The lowest BCUT2D eigenvalue weighted by Gasteiger charge is -2.16. The van der Waals surface area contributed by atoms with Crippen molar-refractivity contribution in [3.05, 3.63) is 12.7 Å². The van der Waals surface area contributed by atoms with Gasteiger partial charge in [0, 0.05) is 6.61 Å². The Kier molecular flexibility index (Phi) is 6.18. The lowest BCUT2D eigenvalue weighted by Crippen LogP contribution is -2.16. The van der Waals surface area contributed by atoms with Gasteiger partial charge in [-0.1, -0.05) is 6.08 Å². The SMILES string of the molecule is C=CCC(CCCO)C(C)O. The van der Waals surface area contributed by atoms with Gasteiger partial charge in [0.1, 0.15) is 0 Å². The van der Waals surface area contributed by atoms with E-state index in [1.54, 1.807) is 6.92 Å². The molecule has 2 heteroatoms. The molecule has 0 bridgehead atoms. The molecule has 0 saturated carbocycles. The van der Waals surface area contributed by atoms with Gasteiger partial charge in [-0.15, -0.1) is 6.58 Å². The summed E-state index contributed by atoms with van der Waals surface area (Å²) < 4.78 is 0. The van der Waals surface area contributed by atoms with Gasteiger partial charge < -0.3 is 10.2 Å². The lowest BCUT2D eigenvalue weighted by atomic mass is 9.94. The first kappa shape index (κ1) is 10.7. The van der Waals surface area contributed by atoms with Crippen LogP contribution < -0.4 is 0 Å². The molecule has 2 unspecified atom stereocenters. The summed E-state index contributed by atoms with van der Waals surface area (Å²) >= 11 is 0. The van der Waals surface area contributed by atoms with Crippen molar-refractivity contribution in [3.8, 4) is 0 Å². The zero-order valence-corrected chi connectivity index (χ0v) is 7.16. The minimum absolute atomic E-state index is 0.209. The second-order valence-electron chi connectivity index (χ2n) is 2.89. The summed E-state index contributed by atoms with van der Waals surface area (Å²) in [6, 6.07) is 0. The van der Waals surface area contributed by atoms with Crippen LogP contribution in [0.15, 0.2) is 12.7 Å². The van der Waals surface area contributed by atoms with Crippen molar-refractivity contribution in [3.63, 3.8) is 0 Å². The molecule has 2 nitrogen and oxygen atoms in total. The van der Waals surface area contributed by atoms with E-state index in [1.165, 1.54) is 0 Å². The molecule has 0 aliphatic rings. The number of hydrogen-bond donors (Lipinski definition) is 2. The molecule has 0 aromatic heterocycles. The van der Waals surface area contributed by atoms with Crippen LogP contribution >= 0.6 is 0 Å².